The highest BCUT2D eigenvalue weighted by Gasteiger charge is 2.18. The molecule has 3 N–H and O–H groups in total. The molecule has 0 radical (unpaired) electrons. The molecule has 0 heterocycles. The number of amides is 1. The summed E-state index contributed by atoms with van der Waals surface area (Å²) in [5.74, 6) is -0.0472. The van der Waals surface area contributed by atoms with Crippen LogP contribution < -0.4 is 5.32 Å². The fourth-order valence-corrected chi connectivity index (χ4v) is 12.1. The van der Waals surface area contributed by atoms with Crippen molar-refractivity contribution >= 4 is 11.9 Å². The molecule has 0 bridgehead atoms. The lowest BCUT2D eigenvalue weighted by atomic mass is 10.0. The van der Waals surface area contributed by atoms with Crippen molar-refractivity contribution in [2.45, 2.75) is 437 Å². The first-order chi connectivity index (χ1) is 41.5. The van der Waals surface area contributed by atoms with Crippen LogP contribution in [0.4, 0.5) is 0 Å². The Kier molecular flexibility index (Phi) is 71.9. The van der Waals surface area contributed by atoms with E-state index in [4.69, 9.17) is 4.74 Å². The summed E-state index contributed by atoms with van der Waals surface area (Å²) >= 11 is 0. The Morgan fingerprint density at radius 1 is 0.333 bits per heavy atom. The van der Waals surface area contributed by atoms with Crippen molar-refractivity contribution in [3.05, 3.63) is 36.5 Å². The lowest BCUT2D eigenvalue weighted by Crippen LogP contribution is -2.45. The number of nitrogens with one attached hydrogen (secondary N) is 1. The number of carbonyl (C=O) groups is 2. The van der Waals surface area contributed by atoms with Crippen LogP contribution in [0.2, 0.25) is 0 Å². The number of hydrogen-bond acceptors (Lipinski definition) is 5. The quantitative estimate of drug-likeness (QED) is 0.0320. The molecule has 0 aromatic rings. The van der Waals surface area contributed by atoms with Gasteiger partial charge in [-0.15, -0.1) is 0 Å². The normalized spacial score (nSPS) is 12.7. The first-order valence-corrected chi connectivity index (χ1v) is 38.3. The molecule has 0 aliphatic carbocycles. The fraction of sp³-hybridized carbons (Fsp3) is 0.897. The highest BCUT2D eigenvalue weighted by Crippen LogP contribution is 2.19. The van der Waals surface area contributed by atoms with Gasteiger partial charge in [-0.3, -0.25) is 9.59 Å². The zero-order chi connectivity index (χ0) is 60.6. The maximum Gasteiger partial charge on any atom is 0.305 e. The summed E-state index contributed by atoms with van der Waals surface area (Å²) in [4.78, 5) is 24.6. The third-order valence-corrected chi connectivity index (χ3v) is 17.9. The zero-order valence-corrected chi connectivity index (χ0v) is 56.9. The first-order valence-electron chi connectivity index (χ1n) is 38.3. The molecule has 0 rings (SSSR count). The minimum atomic E-state index is -0.843. The Morgan fingerprint density at radius 3 is 0.917 bits per heavy atom. The van der Waals surface area contributed by atoms with Crippen molar-refractivity contribution < 1.29 is 24.5 Å². The second-order valence-corrected chi connectivity index (χ2v) is 26.3. The Morgan fingerprint density at radius 2 is 0.595 bits per heavy atom. The van der Waals surface area contributed by atoms with E-state index in [0.717, 1.165) is 51.4 Å². The van der Waals surface area contributed by atoms with E-state index in [1.54, 1.807) is 6.08 Å². The van der Waals surface area contributed by atoms with Crippen molar-refractivity contribution in [2.24, 2.45) is 0 Å². The molecule has 2 unspecified atom stereocenters. The van der Waals surface area contributed by atoms with E-state index in [-0.39, 0.29) is 18.5 Å². The number of carbonyl (C=O) groups excluding carboxylic acids is 2. The lowest BCUT2D eigenvalue weighted by molar-refractivity contribution is -0.143. The van der Waals surface area contributed by atoms with Crippen LogP contribution in [-0.2, 0) is 14.3 Å². The van der Waals surface area contributed by atoms with Crippen LogP contribution in [0.3, 0.4) is 0 Å². The van der Waals surface area contributed by atoms with Gasteiger partial charge in [0.05, 0.1) is 25.4 Å². The molecule has 0 aliphatic heterocycles. The van der Waals surface area contributed by atoms with Crippen molar-refractivity contribution in [2.75, 3.05) is 13.2 Å². The highest BCUT2D eigenvalue weighted by molar-refractivity contribution is 5.76. The monoisotopic (exact) mass is 1180 g/mol. The van der Waals surface area contributed by atoms with E-state index in [1.807, 2.05) is 6.08 Å². The average Bonchev–Trinajstić information content (AvgIpc) is 3.53. The molecule has 2 atom stereocenters. The largest absolute Gasteiger partial charge is 0.466 e. The number of esters is 1. The van der Waals surface area contributed by atoms with E-state index < -0.39 is 12.1 Å². The van der Waals surface area contributed by atoms with Crippen LogP contribution in [0.5, 0.6) is 0 Å². The van der Waals surface area contributed by atoms with Gasteiger partial charge in [-0.05, 0) is 64.2 Å². The van der Waals surface area contributed by atoms with Gasteiger partial charge in [0.25, 0.3) is 0 Å². The molecular formula is C78H149NO5. The van der Waals surface area contributed by atoms with Crippen LogP contribution in [-0.4, -0.2) is 47.4 Å². The minimum absolute atomic E-state index is 0.0131. The summed E-state index contributed by atoms with van der Waals surface area (Å²) in [6, 6.07) is -0.626. The second-order valence-electron chi connectivity index (χ2n) is 26.3. The standard InChI is InChI=1S/C78H149NO5/c1-3-5-7-9-11-13-15-17-19-21-35-38-42-46-50-54-58-62-66-70-76(81)75(74-80)79-77(82)71-67-63-59-55-51-47-43-39-36-33-31-29-27-25-23-24-26-28-30-32-34-37-41-45-49-53-57-61-65-69-73-84-78(83)72-68-64-60-56-52-48-44-40-22-20-18-16-14-12-10-8-6-4-2/h14,16,20,22,66,70,75-76,80-81H,3-13,15,17-19,21,23-65,67-69,71-74H2,1-2H3,(H,79,82)/b16-14-,22-20-,70-66+. The van der Waals surface area contributed by atoms with Gasteiger partial charge in [0.2, 0.25) is 5.91 Å². The van der Waals surface area contributed by atoms with Crippen molar-refractivity contribution in [1.82, 2.24) is 5.32 Å². The molecule has 0 aliphatic rings. The summed E-state index contributed by atoms with van der Waals surface area (Å²) in [5, 5.41) is 23.3. The summed E-state index contributed by atoms with van der Waals surface area (Å²) in [6.45, 7) is 4.93. The summed E-state index contributed by atoms with van der Waals surface area (Å²) < 4.78 is 5.51. The van der Waals surface area contributed by atoms with Gasteiger partial charge < -0.3 is 20.3 Å². The molecule has 0 fully saturated rings. The fourth-order valence-electron chi connectivity index (χ4n) is 12.1. The van der Waals surface area contributed by atoms with Crippen molar-refractivity contribution in [3.8, 4) is 0 Å². The van der Waals surface area contributed by atoms with Gasteiger partial charge in [-0.25, -0.2) is 0 Å². The third kappa shape index (κ3) is 69.2. The number of unbranched alkanes of at least 4 members (excludes halogenated alkanes) is 57. The molecule has 0 aromatic heterocycles. The van der Waals surface area contributed by atoms with E-state index in [9.17, 15) is 19.8 Å². The summed E-state index contributed by atoms with van der Waals surface area (Å²) in [7, 11) is 0. The second kappa shape index (κ2) is 73.5. The number of hydrogen-bond donors (Lipinski definition) is 3. The molecule has 6 heteroatoms. The van der Waals surface area contributed by atoms with Crippen molar-refractivity contribution in [3.63, 3.8) is 0 Å². The predicted molar refractivity (Wildman–Crippen MR) is 370 cm³/mol. The number of ether oxygens (including phenoxy) is 1. The van der Waals surface area contributed by atoms with E-state index in [0.29, 0.717) is 19.4 Å². The molecule has 1 amide bonds. The molecule has 0 saturated heterocycles. The van der Waals surface area contributed by atoms with Gasteiger partial charge in [0, 0.05) is 12.8 Å². The molecular weight excluding hydrogens is 1030 g/mol. The van der Waals surface area contributed by atoms with Crippen LogP contribution in [0.25, 0.3) is 0 Å². The first kappa shape index (κ1) is 82.1. The Balaban J connectivity index is 3.35. The molecule has 0 saturated carbocycles. The molecule has 6 nitrogen and oxygen atoms in total. The SMILES string of the molecule is CCCCCC/C=C\C/C=C\CCCCCCCCCC(=O)OCCCCCCCCCCCCCCCCCCCCCCCCCCCCCCCCC(=O)NC(CO)C(O)/C=C/CCCCCCCCCCCCCCCCCCC. The number of allylic oxidation sites excluding steroid dienone is 5. The maximum atomic E-state index is 12.5. The maximum absolute atomic E-state index is 12.5. The Bertz CT molecular complexity index is 1360. The smallest absolute Gasteiger partial charge is 0.305 e. The molecule has 84 heavy (non-hydrogen) atoms. The minimum Gasteiger partial charge on any atom is -0.466 e. The number of aliphatic hydroxyl groups excluding tert-OH is 2. The summed E-state index contributed by atoms with van der Waals surface area (Å²) in [5.41, 5.74) is 0. The van der Waals surface area contributed by atoms with E-state index in [1.165, 1.54) is 347 Å². The van der Waals surface area contributed by atoms with Crippen LogP contribution in [0.1, 0.15) is 425 Å². The lowest BCUT2D eigenvalue weighted by Gasteiger charge is -2.20. The topological polar surface area (TPSA) is 95.9 Å². The predicted octanol–water partition coefficient (Wildman–Crippen LogP) is 25.0. The number of rotatable bonds is 72. The Labute approximate surface area is 525 Å². The van der Waals surface area contributed by atoms with Gasteiger partial charge in [0.1, 0.15) is 0 Å². The van der Waals surface area contributed by atoms with Crippen LogP contribution in [0.15, 0.2) is 36.5 Å². The Hall–Kier alpha value is -1.92. The zero-order valence-electron chi connectivity index (χ0n) is 56.9. The van der Waals surface area contributed by atoms with Gasteiger partial charge in [-0.2, -0.15) is 0 Å². The summed E-state index contributed by atoms with van der Waals surface area (Å²) in [6.07, 6.45) is 95.3. The highest BCUT2D eigenvalue weighted by atomic mass is 16.5. The molecule has 0 spiro atoms. The van der Waals surface area contributed by atoms with E-state index >= 15 is 0 Å². The van der Waals surface area contributed by atoms with Crippen LogP contribution in [0, 0.1) is 0 Å². The van der Waals surface area contributed by atoms with Gasteiger partial charge >= 0.3 is 5.97 Å². The van der Waals surface area contributed by atoms with Gasteiger partial charge in [0.15, 0.2) is 0 Å². The van der Waals surface area contributed by atoms with E-state index in [2.05, 4.69) is 43.5 Å². The third-order valence-electron chi connectivity index (χ3n) is 17.9. The van der Waals surface area contributed by atoms with Crippen LogP contribution >= 0.6 is 0 Å². The van der Waals surface area contributed by atoms with Gasteiger partial charge in [-0.1, -0.05) is 384 Å². The molecule has 0 aromatic carbocycles. The molecule has 496 valence electrons. The average molecular weight is 1180 g/mol. The van der Waals surface area contributed by atoms with Crippen molar-refractivity contribution in [1.29, 1.82) is 0 Å². The number of aliphatic hydroxyl groups is 2.